The van der Waals surface area contributed by atoms with E-state index in [4.69, 9.17) is 0 Å². The van der Waals surface area contributed by atoms with Crippen molar-refractivity contribution >= 4 is 27.4 Å². The van der Waals surface area contributed by atoms with E-state index in [2.05, 4.69) is 35.2 Å². The number of aliphatic hydroxyl groups is 1. The Bertz CT molecular complexity index is 627. The van der Waals surface area contributed by atoms with Gasteiger partial charge in [-0.2, -0.15) is 0 Å². The number of aliphatic hydroxyl groups excluding tert-OH is 1. The van der Waals surface area contributed by atoms with E-state index < -0.39 is 0 Å². The number of thiophene rings is 1. The molecule has 1 saturated carbocycles. The molecule has 2 unspecified atom stereocenters. The third-order valence-corrected chi connectivity index (χ3v) is 5.86. The first-order valence-corrected chi connectivity index (χ1v) is 8.59. The predicted molar refractivity (Wildman–Crippen MR) is 87.9 cm³/mol. The number of hydrogen-bond acceptors (Lipinski definition) is 5. The average Bonchev–Trinajstić information content (AvgIpc) is 2.92. The lowest BCUT2D eigenvalue weighted by Crippen LogP contribution is -2.41. The molecule has 1 aliphatic rings. The zero-order valence-corrected chi connectivity index (χ0v) is 13.5. The van der Waals surface area contributed by atoms with Gasteiger partial charge in [-0.25, -0.2) is 9.97 Å². The van der Waals surface area contributed by atoms with Crippen molar-refractivity contribution in [3.05, 3.63) is 17.3 Å². The van der Waals surface area contributed by atoms with Gasteiger partial charge in [-0.15, -0.1) is 11.3 Å². The van der Waals surface area contributed by atoms with Crippen LogP contribution in [0.4, 0.5) is 5.82 Å². The lowest BCUT2D eigenvalue weighted by atomic mass is 9.73. The van der Waals surface area contributed by atoms with Gasteiger partial charge in [0, 0.05) is 16.8 Å². The summed E-state index contributed by atoms with van der Waals surface area (Å²) >= 11 is 1.73. The summed E-state index contributed by atoms with van der Waals surface area (Å²) in [5, 5.41) is 14.9. The van der Waals surface area contributed by atoms with E-state index in [1.807, 2.05) is 0 Å². The summed E-state index contributed by atoms with van der Waals surface area (Å²) in [5.41, 5.74) is -0.0564. The fourth-order valence-electron chi connectivity index (χ4n) is 3.09. The number of anilines is 1. The maximum Gasteiger partial charge on any atom is 0.138 e. The van der Waals surface area contributed by atoms with E-state index in [0.717, 1.165) is 48.3 Å². The third kappa shape index (κ3) is 2.90. The Balaban J connectivity index is 1.80. The van der Waals surface area contributed by atoms with Crippen LogP contribution in [-0.2, 0) is 6.42 Å². The summed E-state index contributed by atoms with van der Waals surface area (Å²) in [6, 6.07) is 2.18. The highest BCUT2D eigenvalue weighted by Crippen LogP contribution is 2.37. The molecule has 2 heterocycles. The van der Waals surface area contributed by atoms with Gasteiger partial charge in [0.1, 0.15) is 17.0 Å². The molecule has 0 amide bonds. The van der Waals surface area contributed by atoms with Crippen LogP contribution in [0.1, 0.15) is 44.4 Å². The smallest absolute Gasteiger partial charge is 0.138 e. The van der Waals surface area contributed by atoms with Crippen LogP contribution in [0.2, 0.25) is 0 Å². The summed E-state index contributed by atoms with van der Waals surface area (Å²) in [7, 11) is 0. The summed E-state index contributed by atoms with van der Waals surface area (Å²) in [5.74, 6) is 0.898. The average molecular weight is 305 g/mol. The molecule has 2 aromatic heterocycles. The maximum atomic E-state index is 10.3. The SMILES string of the molecule is CCc1cc2c(NCC3(C)CCCCC3O)ncnc2s1. The molecule has 0 bridgehead atoms. The lowest BCUT2D eigenvalue weighted by Gasteiger charge is -2.38. The minimum atomic E-state index is -0.218. The van der Waals surface area contributed by atoms with Gasteiger partial charge in [-0.3, -0.25) is 0 Å². The molecule has 1 fully saturated rings. The van der Waals surface area contributed by atoms with Crippen molar-refractivity contribution in [1.29, 1.82) is 0 Å². The highest BCUT2D eigenvalue weighted by atomic mass is 32.1. The first-order chi connectivity index (χ1) is 10.1. The van der Waals surface area contributed by atoms with Crippen molar-refractivity contribution in [1.82, 2.24) is 9.97 Å². The van der Waals surface area contributed by atoms with Crippen LogP contribution in [0.5, 0.6) is 0 Å². The maximum absolute atomic E-state index is 10.3. The van der Waals surface area contributed by atoms with Gasteiger partial charge in [0.15, 0.2) is 0 Å². The Morgan fingerprint density at radius 3 is 3.05 bits per heavy atom. The first kappa shape index (κ1) is 14.7. The van der Waals surface area contributed by atoms with Gasteiger partial charge in [-0.05, 0) is 25.3 Å². The summed E-state index contributed by atoms with van der Waals surface area (Å²) < 4.78 is 0. The standard InChI is InChI=1S/C16H23N3OS/c1-3-11-8-12-14(18-10-19-15(12)21-11)17-9-16(2)7-5-4-6-13(16)20/h8,10,13,20H,3-7,9H2,1-2H3,(H,17,18,19). The molecule has 114 valence electrons. The monoisotopic (exact) mass is 305 g/mol. The minimum Gasteiger partial charge on any atom is -0.392 e. The van der Waals surface area contributed by atoms with Crippen LogP contribution in [0.25, 0.3) is 10.2 Å². The summed E-state index contributed by atoms with van der Waals surface area (Å²) in [6.07, 6.45) is 6.75. The lowest BCUT2D eigenvalue weighted by molar-refractivity contribution is 0.00960. The van der Waals surface area contributed by atoms with Crippen LogP contribution >= 0.6 is 11.3 Å². The van der Waals surface area contributed by atoms with E-state index in [9.17, 15) is 5.11 Å². The highest BCUT2D eigenvalue weighted by Gasteiger charge is 2.35. The Morgan fingerprint density at radius 2 is 2.29 bits per heavy atom. The number of fused-ring (bicyclic) bond motifs is 1. The third-order valence-electron chi connectivity index (χ3n) is 4.67. The van der Waals surface area contributed by atoms with Crippen molar-refractivity contribution in [3.63, 3.8) is 0 Å². The quantitative estimate of drug-likeness (QED) is 0.906. The van der Waals surface area contributed by atoms with Crippen molar-refractivity contribution in [2.24, 2.45) is 5.41 Å². The van der Waals surface area contributed by atoms with Crippen LogP contribution in [0, 0.1) is 5.41 Å². The molecule has 2 atom stereocenters. The van der Waals surface area contributed by atoms with Gasteiger partial charge >= 0.3 is 0 Å². The molecule has 2 aromatic rings. The molecular formula is C16H23N3OS. The Kier molecular flexibility index (Phi) is 4.13. The Hall–Kier alpha value is -1.20. The topological polar surface area (TPSA) is 58.0 Å². The summed E-state index contributed by atoms with van der Waals surface area (Å²) in [6.45, 7) is 5.09. The van der Waals surface area contributed by atoms with Crippen molar-refractivity contribution in [3.8, 4) is 0 Å². The molecule has 2 N–H and O–H groups in total. The zero-order chi connectivity index (χ0) is 14.9. The fraction of sp³-hybridized carbons (Fsp3) is 0.625. The van der Waals surface area contributed by atoms with Gasteiger partial charge < -0.3 is 10.4 Å². The van der Waals surface area contributed by atoms with Crippen LogP contribution < -0.4 is 5.32 Å². The zero-order valence-electron chi connectivity index (χ0n) is 12.7. The minimum absolute atomic E-state index is 0.0564. The van der Waals surface area contributed by atoms with Gasteiger partial charge in [-0.1, -0.05) is 26.7 Å². The Morgan fingerprint density at radius 1 is 1.43 bits per heavy atom. The Labute approximate surface area is 129 Å². The van der Waals surface area contributed by atoms with Crippen LogP contribution in [0.3, 0.4) is 0 Å². The van der Waals surface area contributed by atoms with Crippen LogP contribution in [0.15, 0.2) is 12.4 Å². The molecule has 4 nitrogen and oxygen atoms in total. The predicted octanol–water partition coefficient (Wildman–Crippen LogP) is 3.61. The van der Waals surface area contributed by atoms with Gasteiger partial charge in [0.05, 0.1) is 11.5 Å². The number of aromatic nitrogens is 2. The second kappa shape index (κ2) is 5.89. The molecule has 0 spiro atoms. The van der Waals surface area contributed by atoms with E-state index in [-0.39, 0.29) is 11.5 Å². The molecule has 1 aliphatic carbocycles. The van der Waals surface area contributed by atoms with E-state index in [1.165, 1.54) is 11.3 Å². The van der Waals surface area contributed by atoms with Crippen molar-refractivity contribution < 1.29 is 5.11 Å². The number of hydrogen-bond donors (Lipinski definition) is 2. The van der Waals surface area contributed by atoms with E-state index in [0.29, 0.717) is 0 Å². The normalized spacial score (nSPS) is 26.1. The number of nitrogens with one attached hydrogen (secondary N) is 1. The first-order valence-electron chi connectivity index (χ1n) is 7.78. The van der Waals surface area contributed by atoms with E-state index >= 15 is 0 Å². The molecule has 21 heavy (non-hydrogen) atoms. The van der Waals surface area contributed by atoms with Crippen molar-refractivity contribution in [2.75, 3.05) is 11.9 Å². The largest absolute Gasteiger partial charge is 0.392 e. The molecular weight excluding hydrogens is 282 g/mol. The van der Waals surface area contributed by atoms with E-state index in [1.54, 1.807) is 17.7 Å². The van der Waals surface area contributed by atoms with Gasteiger partial charge in [0.2, 0.25) is 0 Å². The molecule has 0 aromatic carbocycles. The molecule has 0 aliphatic heterocycles. The molecule has 5 heteroatoms. The summed E-state index contributed by atoms with van der Waals surface area (Å²) in [4.78, 5) is 11.1. The number of aryl methyl sites for hydroxylation is 1. The molecule has 0 saturated heterocycles. The number of nitrogens with zero attached hydrogens (tertiary/aromatic N) is 2. The second-order valence-corrected chi connectivity index (χ2v) is 7.39. The molecule has 0 radical (unpaired) electrons. The number of rotatable bonds is 4. The highest BCUT2D eigenvalue weighted by molar-refractivity contribution is 7.18. The van der Waals surface area contributed by atoms with Crippen molar-refractivity contribution in [2.45, 2.75) is 52.1 Å². The fourth-order valence-corrected chi connectivity index (χ4v) is 4.03. The second-order valence-electron chi connectivity index (χ2n) is 6.28. The molecule has 3 rings (SSSR count). The van der Waals surface area contributed by atoms with Gasteiger partial charge in [0.25, 0.3) is 0 Å². The van der Waals surface area contributed by atoms with Crippen LogP contribution in [-0.4, -0.2) is 27.7 Å².